The second kappa shape index (κ2) is 17.2. The molecule has 0 atom stereocenters. The highest BCUT2D eigenvalue weighted by Crippen LogP contribution is 2.64. The molecule has 1 aromatic heterocycles. The molecule has 1 aliphatic carbocycles. The van der Waals surface area contributed by atoms with Crippen molar-refractivity contribution in [1.82, 2.24) is 4.57 Å². The van der Waals surface area contributed by atoms with E-state index in [0.717, 1.165) is 56.1 Å². The van der Waals surface area contributed by atoms with E-state index in [9.17, 15) is 0 Å². The van der Waals surface area contributed by atoms with Gasteiger partial charge < -0.3 is 14.4 Å². The van der Waals surface area contributed by atoms with Crippen LogP contribution in [0, 0.1) is 13.1 Å². The number of hydrogen-bond acceptors (Lipinski definition) is 2. The van der Waals surface area contributed by atoms with E-state index in [-0.39, 0.29) is 10.8 Å². The molecule has 0 saturated heterocycles. The van der Waals surface area contributed by atoms with E-state index >= 15 is 0 Å². The summed E-state index contributed by atoms with van der Waals surface area (Å²) < 4.78 is 2.54. The Morgan fingerprint density at radius 3 is 1.31 bits per heavy atom. The maximum absolute atomic E-state index is 7.94. The predicted octanol–water partition coefficient (Wildman–Crippen LogP) is 20.4. The maximum atomic E-state index is 7.94. The largest absolute Gasteiger partial charge is 0.311 e. The zero-order chi connectivity index (χ0) is 53.2. The van der Waals surface area contributed by atoms with Crippen LogP contribution < -0.4 is 9.80 Å². The third-order valence-electron chi connectivity index (χ3n) is 16.7. The van der Waals surface area contributed by atoms with Gasteiger partial charge in [-0.05, 0) is 162 Å². The molecule has 2 heterocycles. The van der Waals surface area contributed by atoms with Gasteiger partial charge in [-0.25, -0.2) is 9.69 Å². The van der Waals surface area contributed by atoms with Crippen LogP contribution in [0.5, 0.6) is 0 Å². The van der Waals surface area contributed by atoms with E-state index in [1.807, 2.05) is 24.3 Å². The number of benzene rings is 11. The molecule has 11 aromatic carbocycles. The van der Waals surface area contributed by atoms with E-state index in [4.69, 9.17) is 13.1 Å². The molecule has 5 heteroatoms. The molecule has 0 unspecified atom stereocenters. The van der Waals surface area contributed by atoms with Crippen molar-refractivity contribution >= 4 is 88.8 Å². The van der Waals surface area contributed by atoms with Crippen LogP contribution in [0.2, 0.25) is 0 Å². The van der Waals surface area contributed by atoms with Crippen molar-refractivity contribution in [2.45, 2.75) is 57.8 Å². The number of aromatic nitrogens is 1. The molecule has 1 spiro atoms. The first-order valence-corrected chi connectivity index (χ1v) is 26.9. The quantitative estimate of drug-likeness (QED) is 0.155. The molecule has 1 aliphatic heterocycles. The summed E-state index contributed by atoms with van der Waals surface area (Å²) >= 11 is 0. The molecule has 0 fully saturated rings. The van der Waals surface area contributed by atoms with Crippen molar-refractivity contribution in [3.05, 3.63) is 281 Å². The molecule has 372 valence electrons. The van der Waals surface area contributed by atoms with Crippen LogP contribution in [-0.2, 0) is 16.2 Å². The molecule has 14 rings (SSSR count). The van der Waals surface area contributed by atoms with E-state index in [1.54, 1.807) is 0 Å². The topological polar surface area (TPSA) is 20.1 Å². The van der Waals surface area contributed by atoms with Gasteiger partial charge >= 0.3 is 0 Å². The van der Waals surface area contributed by atoms with Crippen molar-refractivity contribution in [2.75, 3.05) is 9.80 Å². The predicted molar refractivity (Wildman–Crippen MR) is 326 cm³/mol. The molecule has 0 radical (unpaired) electrons. The van der Waals surface area contributed by atoms with Crippen LogP contribution in [0.1, 0.15) is 74.9 Å². The van der Waals surface area contributed by atoms with Crippen molar-refractivity contribution in [3.8, 4) is 16.8 Å². The van der Waals surface area contributed by atoms with E-state index < -0.39 is 5.41 Å². The van der Waals surface area contributed by atoms with E-state index in [1.165, 1.54) is 71.6 Å². The Morgan fingerprint density at radius 2 is 0.808 bits per heavy atom. The molecule has 78 heavy (non-hydrogen) atoms. The lowest BCUT2D eigenvalue weighted by Crippen LogP contribution is -2.33. The first-order valence-electron chi connectivity index (χ1n) is 26.9. The third kappa shape index (κ3) is 6.91. The van der Waals surface area contributed by atoms with E-state index in [0.29, 0.717) is 11.4 Å². The summed E-state index contributed by atoms with van der Waals surface area (Å²) in [6.45, 7) is 29.3. The molecule has 0 saturated carbocycles. The highest BCUT2D eigenvalue weighted by Gasteiger charge is 2.52. The van der Waals surface area contributed by atoms with Crippen molar-refractivity contribution in [2.24, 2.45) is 0 Å². The number of rotatable bonds is 6. The minimum atomic E-state index is -0.752. The first-order chi connectivity index (χ1) is 37.8. The van der Waals surface area contributed by atoms with Gasteiger partial charge in [0.25, 0.3) is 0 Å². The van der Waals surface area contributed by atoms with Crippen molar-refractivity contribution in [1.29, 1.82) is 0 Å². The molecule has 2 aliphatic rings. The second-order valence-corrected chi connectivity index (χ2v) is 23.1. The molecule has 0 N–H and O–H groups in total. The molecular weight excluding hydrogens is 947 g/mol. The fourth-order valence-corrected chi connectivity index (χ4v) is 13.0. The van der Waals surface area contributed by atoms with Gasteiger partial charge in [-0.15, -0.1) is 0 Å². The second-order valence-electron chi connectivity index (χ2n) is 23.1. The summed E-state index contributed by atoms with van der Waals surface area (Å²) in [5.74, 6) is 0. The lowest BCUT2D eigenvalue weighted by molar-refractivity contribution is 0.590. The Kier molecular flexibility index (Phi) is 10.3. The molecule has 0 bridgehead atoms. The zero-order valence-electron chi connectivity index (χ0n) is 44.6. The highest BCUT2D eigenvalue weighted by molar-refractivity contribution is 6.18. The van der Waals surface area contributed by atoms with E-state index in [2.05, 4.69) is 266 Å². The average molecular weight is 1000 g/mol. The van der Waals surface area contributed by atoms with Gasteiger partial charge in [0.15, 0.2) is 11.4 Å². The van der Waals surface area contributed by atoms with Gasteiger partial charge in [-0.1, -0.05) is 181 Å². The fraction of sp³-hybridized carbons (Fsp3) is 0.123. The minimum absolute atomic E-state index is 0.0151. The van der Waals surface area contributed by atoms with Crippen LogP contribution in [0.4, 0.5) is 45.5 Å². The molecular formula is C73H55N5. The van der Waals surface area contributed by atoms with Crippen LogP contribution in [0.15, 0.2) is 224 Å². The smallest absolute Gasteiger partial charge is 0.187 e. The van der Waals surface area contributed by atoms with Gasteiger partial charge in [0.2, 0.25) is 0 Å². The monoisotopic (exact) mass is 1000 g/mol. The minimum Gasteiger partial charge on any atom is -0.311 e. The van der Waals surface area contributed by atoms with Gasteiger partial charge in [0.05, 0.1) is 35.3 Å². The third-order valence-corrected chi connectivity index (χ3v) is 16.7. The number of anilines is 6. The number of hydrogen-bond donors (Lipinski definition) is 0. The average Bonchev–Trinajstić information content (AvgIpc) is 3.76. The van der Waals surface area contributed by atoms with Gasteiger partial charge in [0, 0.05) is 44.9 Å². The summed E-state index contributed by atoms with van der Waals surface area (Å²) in [7, 11) is 0. The van der Waals surface area contributed by atoms with Crippen LogP contribution in [0.3, 0.4) is 0 Å². The summed E-state index contributed by atoms with van der Waals surface area (Å²) in [5, 5.41) is 7.16. The SMILES string of the molecule is [C-]#[N+]c1ccc(N(c2ccc(C(C)(C)C)cc2)c2ccc3c(c2)c2cc(N(c4ccc([N+]#[C-])cc4)c4ccc(C(C)(C)C)cc4)cc4c2n3-c2ccccc2C42c3ccc4ccccc4c3-c3c2ccc2ccccc32)cc1. The number of nitrogens with zero attached hydrogens (tertiary/aromatic N) is 5. The summed E-state index contributed by atoms with van der Waals surface area (Å²) in [6.07, 6.45) is 0. The Balaban J connectivity index is 1.14. The van der Waals surface area contributed by atoms with Gasteiger partial charge in [-0.2, -0.15) is 0 Å². The summed E-state index contributed by atoms with van der Waals surface area (Å²) in [5.41, 5.74) is 19.9. The maximum Gasteiger partial charge on any atom is 0.187 e. The lowest BCUT2D eigenvalue weighted by Gasteiger charge is -2.40. The fourth-order valence-electron chi connectivity index (χ4n) is 13.0. The van der Waals surface area contributed by atoms with Gasteiger partial charge in [0.1, 0.15) is 0 Å². The summed E-state index contributed by atoms with van der Waals surface area (Å²) in [6, 6.07) is 82.3. The Labute approximate surface area is 456 Å². The van der Waals surface area contributed by atoms with Crippen molar-refractivity contribution in [3.63, 3.8) is 0 Å². The Morgan fingerprint density at radius 1 is 0.372 bits per heavy atom. The van der Waals surface area contributed by atoms with Crippen LogP contribution >= 0.6 is 0 Å². The number of fused-ring (bicyclic) bond motifs is 16. The normalized spacial score (nSPS) is 13.1. The molecule has 12 aromatic rings. The standard InChI is InChI=1S/C73H55N5/c1-71(2,3)48-23-31-52(32-24-48)76(54-35-27-50(74-7)28-36-54)56-39-42-66-60(43-56)61-44-57(77(55-37-29-51(75-8)30-38-55)53-33-25-49(26-34-53)72(4,5)6)45-65-70(61)78(66)67-20-14-13-19-62(67)73(65)63-40-21-46-15-9-11-17-58(46)68(63)69-59-18-12-10-16-47(59)22-41-64(69)73/h9-45H,1-6H3. The molecule has 0 amide bonds. The number of para-hydroxylation sites is 1. The van der Waals surface area contributed by atoms with Gasteiger partial charge in [-0.3, -0.25) is 0 Å². The van der Waals surface area contributed by atoms with Crippen molar-refractivity contribution < 1.29 is 0 Å². The van der Waals surface area contributed by atoms with Crippen LogP contribution in [-0.4, -0.2) is 4.57 Å². The Bertz CT molecular complexity index is 4430. The Hall–Kier alpha value is -9.68. The first kappa shape index (κ1) is 46.8. The highest BCUT2D eigenvalue weighted by atomic mass is 15.2. The zero-order valence-corrected chi connectivity index (χ0v) is 44.6. The lowest BCUT2D eigenvalue weighted by atomic mass is 9.65. The molecule has 5 nitrogen and oxygen atoms in total. The van der Waals surface area contributed by atoms with Crippen LogP contribution in [0.25, 0.3) is 69.9 Å². The summed E-state index contributed by atoms with van der Waals surface area (Å²) in [4.78, 5) is 12.3.